The number of ether oxygens (including phenoxy) is 2. The predicted octanol–water partition coefficient (Wildman–Crippen LogP) is 3.39. The lowest BCUT2D eigenvalue weighted by molar-refractivity contribution is -0.123. The summed E-state index contributed by atoms with van der Waals surface area (Å²) in [6.07, 6.45) is 0.586. The van der Waals surface area contributed by atoms with E-state index >= 15 is 0 Å². The first-order valence-electron chi connectivity index (χ1n) is 11.2. The molecule has 8 nitrogen and oxygen atoms in total. The molecular weight excluding hydrogens is 430 g/mol. The number of nitrogens with one attached hydrogen (secondary N) is 4. The van der Waals surface area contributed by atoms with Gasteiger partial charge < -0.3 is 19.8 Å². The molecule has 0 spiro atoms. The Balaban J connectivity index is 1.35. The van der Waals surface area contributed by atoms with Gasteiger partial charge in [-0.1, -0.05) is 48.5 Å². The molecule has 1 aliphatic rings. The smallest absolute Gasteiger partial charge is 0.239 e. The zero-order valence-corrected chi connectivity index (χ0v) is 19.0. The molecule has 3 atom stereocenters. The fourth-order valence-electron chi connectivity index (χ4n) is 4.32. The lowest BCUT2D eigenvalue weighted by Crippen LogP contribution is -2.44. The van der Waals surface area contributed by atoms with Gasteiger partial charge in [0.1, 0.15) is 17.9 Å². The monoisotopic (exact) mass is 457 g/mol. The molecule has 5 rings (SSSR count). The molecule has 1 aliphatic heterocycles. The van der Waals surface area contributed by atoms with E-state index in [0.717, 1.165) is 22.2 Å². The lowest BCUT2D eigenvalue weighted by Gasteiger charge is -2.19. The van der Waals surface area contributed by atoms with Crippen LogP contribution in [-0.2, 0) is 4.79 Å². The van der Waals surface area contributed by atoms with Gasteiger partial charge in [-0.2, -0.15) is 0 Å². The SMILES string of the molecule is COc1ccc(C2CC(C(=O)N[C@H](c3ccccc3)c3nc4ccccc4[nH]3)NN2)cc1OC. The van der Waals surface area contributed by atoms with Crippen LogP contribution in [-0.4, -0.2) is 36.1 Å². The summed E-state index contributed by atoms with van der Waals surface area (Å²) in [6, 6.07) is 22.6. The number of carbonyl (C=O) groups is 1. The van der Waals surface area contributed by atoms with E-state index in [9.17, 15) is 4.79 Å². The number of hydrogen-bond acceptors (Lipinski definition) is 6. The maximum absolute atomic E-state index is 13.3. The van der Waals surface area contributed by atoms with E-state index in [-0.39, 0.29) is 11.9 Å². The number of para-hydroxylation sites is 2. The molecule has 4 N–H and O–H groups in total. The summed E-state index contributed by atoms with van der Waals surface area (Å²) >= 11 is 0. The van der Waals surface area contributed by atoms with Crippen LogP contribution in [0, 0.1) is 0 Å². The molecular formula is C26H27N5O3. The third-order valence-electron chi connectivity index (χ3n) is 6.13. The quantitative estimate of drug-likeness (QED) is 0.340. The number of benzene rings is 3. The molecule has 1 amide bonds. The molecule has 4 aromatic rings. The number of carbonyl (C=O) groups excluding carboxylic acids is 1. The van der Waals surface area contributed by atoms with E-state index in [2.05, 4.69) is 21.2 Å². The minimum Gasteiger partial charge on any atom is -0.493 e. The maximum Gasteiger partial charge on any atom is 0.239 e. The number of nitrogens with zero attached hydrogens (tertiary/aromatic N) is 1. The Kier molecular flexibility index (Phi) is 6.16. The van der Waals surface area contributed by atoms with Crippen LogP contribution in [0.5, 0.6) is 11.5 Å². The van der Waals surface area contributed by atoms with Gasteiger partial charge in [-0.3, -0.25) is 4.79 Å². The van der Waals surface area contributed by atoms with Gasteiger partial charge in [0.15, 0.2) is 11.5 Å². The Morgan fingerprint density at radius 2 is 1.74 bits per heavy atom. The molecule has 1 saturated heterocycles. The number of aromatic amines is 1. The van der Waals surface area contributed by atoms with Crippen molar-refractivity contribution in [1.29, 1.82) is 0 Å². The number of H-pyrrole nitrogens is 1. The summed E-state index contributed by atoms with van der Waals surface area (Å²) in [4.78, 5) is 21.4. The highest BCUT2D eigenvalue weighted by atomic mass is 16.5. The third-order valence-corrected chi connectivity index (χ3v) is 6.13. The van der Waals surface area contributed by atoms with Gasteiger partial charge >= 0.3 is 0 Å². The molecule has 34 heavy (non-hydrogen) atoms. The van der Waals surface area contributed by atoms with Gasteiger partial charge in [-0.15, -0.1) is 0 Å². The molecule has 0 aliphatic carbocycles. The van der Waals surface area contributed by atoms with Crippen molar-refractivity contribution >= 4 is 16.9 Å². The summed E-state index contributed by atoms with van der Waals surface area (Å²) in [6.45, 7) is 0. The fraction of sp³-hybridized carbons (Fsp3) is 0.231. The zero-order valence-electron chi connectivity index (χ0n) is 19.0. The molecule has 2 heterocycles. The van der Waals surface area contributed by atoms with Crippen LogP contribution in [0.4, 0.5) is 0 Å². The van der Waals surface area contributed by atoms with Crippen LogP contribution in [0.3, 0.4) is 0 Å². The average Bonchev–Trinajstić information content (AvgIpc) is 3.55. The van der Waals surface area contributed by atoms with Crippen molar-refractivity contribution in [3.8, 4) is 11.5 Å². The molecule has 0 radical (unpaired) electrons. The molecule has 0 bridgehead atoms. The highest BCUT2D eigenvalue weighted by Gasteiger charge is 2.32. The van der Waals surface area contributed by atoms with Crippen molar-refractivity contribution in [1.82, 2.24) is 26.1 Å². The summed E-state index contributed by atoms with van der Waals surface area (Å²) < 4.78 is 10.8. The Bertz CT molecular complexity index is 1260. The van der Waals surface area contributed by atoms with Crippen molar-refractivity contribution < 1.29 is 14.3 Å². The molecule has 1 aromatic heterocycles. The highest BCUT2D eigenvalue weighted by Crippen LogP contribution is 2.32. The van der Waals surface area contributed by atoms with Gasteiger partial charge in [0.2, 0.25) is 5.91 Å². The third kappa shape index (κ3) is 4.33. The summed E-state index contributed by atoms with van der Waals surface area (Å²) in [5, 5.41) is 3.19. The second-order valence-electron chi connectivity index (χ2n) is 8.24. The largest absolute Gasteiger partial charge is 0.493 e. The van der Waals surface area contributed by atoms with Crippen molar-refractivity contribution in [2.24, 2.45) is 0 Å². The number of aromatic nitrogens is 2. The second-order valence-corrected chi connectivity index (χ2v) is 8.24. The first-order chi connectivity index (χ1) is 16.7. The molecule has 1 fully saturated rings. The fourth-order valence-corrected chi connectivity index (χ4v) is 4.32. The number of methoxy groups -OCH3 is 2. The van der Waals surface area contributed by atoms with E-state index in [1.165, 1.54) is 0 Å². The minimum absolute atomic E-state index is 0.0445. The summed E-state index contributed by atoms with van der Waals surface area (Å²) in [7, 11) is 3.22. The Labute approximate surface area is 197 Å². The topological polar surface area (TPSA) is 100 Å². The standard InChI is InChI=1S/C26H27N5O3/c1-33-22-13-12-17(14-23(22)34-2)20-15-21(31-30-20)26(32)29-24(16-8-4-3-5-9-16)25-27-18-10-6-7-11-19(18)28-25/h3-14,20-21,24,30-31H,15H2,1-2H3,(H,27,28)(H,29,32)/t20?,21?,24-/m1/s1. The Morgan fingerprint density at radius 3 is 2.50 bits per heavy atom. The first kappa shape index (κ1) is 21.9. The number of hydrogen-bond donors (Lipinski definition) is 4. The van der Waals surface area contributed by atoms with E-state index < -0.39 is 12.1 Å². The van der Waals surface area contributed by atoms with Crippen LogP contribution < -0.4 is 25.6 Å². The molecule has 2 unspecified atom stereocenters. The molecule has 0 saturated carbocycles. The predicted molar refractivity (Wildman–Crippen MR) is 129 cm³/mol. The second kappa shape index (κ2) is 9.54. The van der Waals surface area contributed by atoms with Crippen LogP contribution in [0.2, 0.25) is 0 Å². The Hall–Kier alpha value is -3.88. The number of fused-ring (bicyclic) bond motifs is 1. The van der Waals surface area contributed by atoms with Gasteiger partial charge in [0.05, 0.1) is 25.3 Å². The first-order valence-corrected chi connectivity index (χ1v) is 11.2. The molecule has 3 aromatic carbocycles. The van der Waals surface area contributed by atoms with Crippen LogP contribution in [0.25, 0.3) is 11.0 Å². The van der Waals surface area contributed by atoms with Gasteiger partial charge in [0.25, 0.3) is 0 Å². The van der Waals surface area contributed by atoms with Crippen LogP contribution in [0.1, 0.15) is 35.5 Å². The lowest BCUT2D eigenvalue weighted by atomic mass is 10.0. The summed E-state index contributed by atoms with van der Waals surface area (Å²) in [5.74, 6) is 1.92. The number of hydrazine groups is 1. The summed E-state index contributed by atoms with van der Waals surface area (Å²) in [5.41, 5.74) is 10.1. The number of imidazole rings is 1. The number of rotatable bonds is 7. The van der Waals surface area contributed by atoms with Crippen LogP contribution in [0.15, 0.2) is 72.8 Å². The van der Waals surface area contributed by atoms with Crippen LogP contribution >= 0.6 is 0 Å². The zero-order chi connectivity index (χ0) is 23.5. The van der Waals surface area contributed by atoms with Crippen molar-refractivity contribution in [3.63, 3.8) is 0 Å². The molecule has 174 valence electrons. The highest BCUT2D eigenvalue weighted by molar-refractivity contribution is 5.83. The van der Waals surface area contributed by atoms with E-state index in [4.69, 9.17) is 14.5 Å². The average molecular weight is 458 g/mol. The maximum atomic E-state index is 13.3. The van der Waals surface area contributed by atoms with Gasteiger partial charge in [-0.05, 0) is 41.8 Å². The van der Waals surface area contributed by atoms with Gasteiger partial charge in [-0.25, -0.2) is 15.8 Å². The molecule has 8 heteroatoms. The minimum atomic E-state index is -0.409. The van der Waals surface area contributed by atoms with Crippen molar-refractivity contribution in [2.45, 2.75) is 24.5 Å². The number of amides is 1. The van der Waals surface area contributed by atoms with Gasteiger partial charge in [0, 0.05) is 6.04 Å². The Morgan fingerprint density at radius 1 is 0.971 bits per heavy atom. The van der Waals surface area contributed by atoms with Crippen molar-refractivity contribution in [3.05, 3.63) is 89.7 Å². The van der Waals surface area contributed by atoms with Crippen molar-refractivity contribution in [2.75, 3.05) is 14.2 Å². The normalized spacial score (nSPS) is 18.5. The van der Waals surface area contributed by atoms with E-state index in [1.54, 1.807) is 14.2 Å². The van der Waals surface area contributed by atoms with E-state index in [0.29, 0.717) is 23.7 Å². The van der Waals surface area contributed by atoms with E-state index in [1.807, 2.05) is 72.8 Å².